The van der Waals surface area contributed by atoms with Gasteiger partial charge in [0, 0.05) is 87.2 Å². The van der Waals surface area contributed by atoms with Crippen LogP contribution in [-0.4, -0.2) is 125 Å². The summed E-state index contributed by atoms with van der Waals surface area (Å²) in [7, 11) is 1.81. The summed E-state index contributed by atoms with van der Waals surface area (Å²) in [6, 6.07) is 36.1. The maximum absolute atomic E-state index is 14.6. The molecule has 0 unspecified atom stereocenters. The maximum atomic E-state index is 14.6. The van der Waals surface area contributed by atoms with Crippen LogP contribution in [0.15, 0.2) is 190 Å². The number of amides is 3. The maximum Gasteiger partial charge on any atom is 0.410 e. The van der Waals surface area contributed by atoms with Crippen molar-refractivity contribution in [3.8, 4) is 33.6 Å². The number of ether oxygens (including phenoxy) is 1. The van der Waals surface area contributed by atoms with E-state index < -0.39 is 75.3 Å². The van der Waals surface area contributed by atoms with Gasteiger partial charge in [-0.15, -0.1) is 0 Å². The quantitative estimate of drug-likeness (QED) is 0.0758. The van der Waals surface area contributed by atoms with Crippen LogP contribution in [0.3, 0.4) is 0 Å². The Bertz CT molecular complexity index is 5650. The van der Waals surface area contributed by atoms with Gasteiger partial charge in [0.15, 0.2) is 11.3 Å². The molecule has 3 amide bonds. The Morgan fingerprint density at radius 1 is 0.538 bits per heavy atom. The number of carbonyl (C=O) groups is 4. The first-order chi connectivity index (χ1) is 51.0. The van der Waals surface area contributed by atoms with Gasteiger partial charge in [0.2, 0.25) is 0 Å². The molecule has 27 heteroatoms. The van der Waals surface area contributed by atoms with Crippen molar-refractivity contribution in [2.24, 2.45) is 0 Å². The number of fused-ring (bicyclic) bond motifs is 4. The summed E-state index contributed by atoms with van der Waals surface area (Å²) in [5.41, 5.74) is 4.26. The molecule has 4 aromatic carbocycles. The summed E-state index contributed by atoms with van der Waals surface area (Å²) in [5, 5.41) is 5.91. The minimum Gasteiger partial charge on any atom is -0.444 e. The zero-order valence-corrected chi connectivity index (χ0v) is 58.4. The molecule has 3 aliphatic rings. The second-order valence-corrected chi connectivity index (χ2v) is 28.2. The number of halogens is 4. The minimum atomic E-state index is -0.702. The zero-order chi connectivity index (χ0) is 74.2. The predicted molar refractivity (Wildman–Crippen MR) is 389 cm³/mol. The SMILES string of the molecule is CN(C(=O)OC(C)(C)C)C1CCN(Cc2ccc(-c3cccc(-n4c(=O)n(C5CCC(NC(=O)c6cn7cc(F)ccc7n6)CC5)c(=O)c5cc(F)cnc54)c3)cc2)CC1.O=Cc1ccc(-c2cccc(-n3c(=O)n(C4CCC(NC(=O)c5cn6cc(F)ccc6n5)CC4)c(=O)c4cc(F)cnc43)c2)cc1. The monoisotopic (exact) mass is 1440 g/mol. The number of rotatable bonds is 14. The molecular weight excluding hydrogens is 1360 g/mol. The molecule has 1 aliphatic heterocycles. The van der Waals surface area contributed by atoms with E-state index in [0.29, 0.717) is 79.6 Å². The molecule has 9 heterocycles. The number of hydrogen-bond acceptors (Lipinski definition) is 14. The first kappa shape index (κ1) is 71.0. The van der Waals surface area contributed by atoms with Crippen molar-refractivity contribution in [3.63, 3.8) is 0 Å². The summed E-state index contributed by atoms with van der Waals surface area (Å²) in [5.74, 6) is -3.09. The van der Waals surface area contributed by atoms with Crippen molar-refractivity contribution < 1.29 is 41.5 Å². The molecule has 8 aromatic heterocycles. The van der Waals surface area contributed by atoms with Crippen LogP contribution >= 0.6 is 0 Å². The molecule has 2 N–H and O–H groups in total. The molecule has 23 nitrogen and oxygen atoms in total. The summed E-state index contributed by atoms with van der Waals surface area (Å²) in [4.78, 5) is 127. The predicted octanol–water partition coefficient (Wildman–Crippen LogP) is 11.8. The topological polar surface area (TPSA) is 256 Å². The van der Waals surface area contributed by atoms with Crippen molar-refractivity contribution in [1.29, 1.82) is 0 Å². The molecule has 0 radical (unpaired) electrons. The number of aldehydes is 1. The van der Waals surface area contributed by atoms with Crippen molar-refractivity contribution in [3.05, 3.63) is 258 Å². The average Bonchev–Trinajstić information content (AvgIpc) is 0.935. The third-order valence-corrected chi connectivity index (χ3v) is 19.9. The second-order valence-electron chi connectivity index (χ2n) is 28.2. The lowest BCUT2D eigenvalue weighted by molar-refractivity contribution is 0.0148. The fraction of sp³-hybridized carbons (Fsp3) is 0.291. The van der Waals surface area contributed by atoms with Crippen LogP contribution in [0.5, 0.6) is 0 Å². The van der Waals surface area contributed by atoms with Crippen LogP contribution in [0.2, 0.25) is 0 Å². The van der Waals surface area contributed by atoms with Gasteiger partial charge in [-0.25, -0.2) is 61.0 Å². The molecule has 542 valence electrons. The van der Waals surface area contributed by atoms with E-state index in [-0.39, 0.29) is 57.7 Å². The number of piperidine rings is 1. The highest BCUT2D eigenvalue weighted by Crippen LogP contribution is 2.32. The van der Waals surface area contributed by atoms with Gasteiger partial charge in [-0.3, -0.25) is 38.0 Å². The molecule has 0 bridgehead atoms. The smallest absolute Gasteiger partial charge is 0.410 e. The molecule has 2 aliphatic carbocycles. The van der Waals surface area contributed by atoms with Crippen molar-refractivity contribution >= 4 is 57.6 Å². The lowest BCUT2D eigenvalue weighted by atomic mass is 9.90. The van der Waals surface area contributed by atoms with Crippen LogP contribution in [0, 0.1) is 23.3 Å². The van der Waals surface area contributed by atoms with Crippen LogP contribution in [0.4, 0.5) is 22.4 Å². The van der Waals surface area contributed by atoms with Gasteiger partial charge in [-0.1, -0.05) is 72.8 Å². The van der Waals surface area contributed by atoms with E-state index in [1.54, 1.807) is 53.4 Å². The fourth-order valence-electron chi connectivity index (χ4n) is 14.5. The van der Waals surface area contributed by atoms with Gasteiger partial charge in [0.25, 0.3) is 22.9 Å². The molecule has 15 rings (SSSR count). The average molecular weight is 1440 g/mol. The third kappa shape index (κ3) is 15.0. The van der Waals surface area contributed by atoms with E-state index >= 15 is 0 Å². The zero-order valence-electron chi connectivity index (χ0n) is 58.4. The molecule has 106 heavy (non-hydrogen) atoms. The van der Waals surface area contributed by atoms with E-state index in [9.17, 15) is 55.9 Å². The van der Waals surface area contributed by atoms with Gasteiger partial charge in [0.1, 0.15) is 57.8 Å². The van der Waals surface area contributed by atoms with E-state index in [2.05, 4.69) is 47.6 Å². The minimum absolute atomic E-state index is 0.0106. The highest BCUT2D eigenvalue weighted by atomic mass is 19.1. The fourth-order valence-corrected chi connectivity index (χ4v) is 14.5. The van der Waals surface area contributed by atoms with Gasteiger partial charge in [-0.2, -0.15) is 0 Å². The van der Waals surface area contributed by atoms with Crippen LogP contribution in [0.25, 0.3) is 67.0 Å². The third-order valence-electron chi connectivity index (χ3n) is 19.9. The van der Waals surface area contributed by atoms with Crippen LogP contribution in [0.1, 0.15) is 134 Å². The summed E-state index contributed by atoms with van der Waals surface area (Å²) >= 11 is 0. The Morgan fingerprint density at radius 2 is 0.981 bits per heavy atom. The Hall–Kier alpha value is -12.0. The molecule has 3 fully saturated rings. The normalized spacial score (nSPS) is 17.2. The molecule has 0 spiro atoms. The number of hydrogen-bond donors (Lipinski definition) is 2. The van der Waals surface area contributed by atoms with Gasteiger partial charge in [-0.05, 0) is 173 Å². The number of aromatic nitrogens is 10. The second kappa shape index (κ2) is 29.6. The Balaban J connectivity index is 0.000000184. The largest absolute Gasteiger partial charge is 0.444 e. The van der Waals surface area contributed by atoms with Gasteiger partial charge >= 0.3 is 17.5 Å². The van der Waals surface area contributed by atoms with Crippen molar-refractivity contribution in [2.45, 2.75) is 127 Å². The number of carbonyl (C=O) groups excluding carboxylic acids is 4. The first-order valence-corrected chi connectivity index (χ1v) is 35.1. The van der Waals surface area contributed by atoms with Crippen LogP contribution in [-0.2, 0) is 11.3 Å². The van der Waals surface area contributed by atoms with Gasteiger partial charge in [0.05, 0.1) is 34.5 Å². The number of imidazole rings is 2. The van der Waals surface area contributed by atoms with Crippen molar-refractivity contribution in [1.82, 2.24) is 67.4 Å². The standard InChI is InChI=1S/C45H48F2N8O5.C34H26F2N6O4/c1-45(2,3)60-44(59)51(4)34-18-20-52(21-19-34)25-28-8-10-29(11-9-28)30-6-5-7-36(22-30)54-40-37(23-32(47)24-48-40)42(57)55(43(54)58)35-15-13-33(14-16-35)49-41(56)38-27-53-26-31(46)12-17-39(53)50-38;35-23-8-13-30-39-29(18-40(30)17-23)32(44)38-25-9-11-26(12-10-25)42-33(45)28-15-24(36)16-37-31(28)41(34(42)46)27-3-1-2-22(14-27)21-6-4-20(19-43)5-7-21/h5-12,17,22-24,26-27,33-35H,13-16,18-21,25H2,1-4H3,(H,49,56);1-8,13-19,25-26H,9-12H2,(H,38,44). The van der Waals surface area contributed by atoms with Gasteiger partial charge < -0.3 is 29.1 Å². The number of nitrogens with one attached hydrogen (secondary N) is 2. The number of benzene rings is 4. The summed E-state index contributed by atoms with van der Waals surface area (Å²) < 4.78 is 69.8. The van der Waals surface area contributed by atoms with E-state index in [1.807, 2.05) is 64.2 Å². The number of nitrogens with zero attached hydrogens (tertiary/aromatic N) is 12. The van der Waals surface area contributed by atoms with Crippen molar-refractivity contribution in [2.75, 3.05) is 20.1 Å². The first-order valence-electron chi connectivity index (χ1n) is 35.1. The molecule has 2 saturated carbocycles. The van der Waals surface area contributed by atoms with E-state index in [1.165, 1.54) is 76.1 Å². The van der Waals surface area contributed by atoms with E-state index in [0.717, 1.165) is 91.1 Å². The molecular formula is C79H74F4N14O9. The Kier molecular flexibility index (Phi) is 19.8. The lowest BCUT2D eigenvalue weighted by Gasteiger charge is -2.37. The summed E-state index contributed by atoms with van der Waals surface area (Å²) in [6.07, 6.45) is 13.1. The highest BCUT2D eigenvalue weighted by Gasteiger charge is 2.33. The highest BCUT2D eigenvalue weighted by molar-refractivity contribution is 5.94. The van der Waals surface area contributed by atoms with Crippen LogP contribution < -0.4 is 33.1 Å². The summed E-state index contributed by atoms with van der Waals surface area (Å²) in [6.45, 7) is 8.09. The Morgan fingerprint density at radius 3 is 1.42 bits per heavy atom. The van der Waals surface area contributed by atoms with E-state index in [4.69, 9.17) is 4.74 Å². The number of pyridine rings is 4. The molecule has 12 aromatic rings. The molecule has 1 saturated heterocycles. The molecule has 0 atom stereocenters. The number of likely N-dealkylation sites (tertiary alicyclic amines) is 1. The lowest BCUT2D eigenvalue weighted by Crippen LogP contribution is -2.46. The Labute approximate surface area is 603 Å².